The van der Waals surface area contributed by atoms with Crippen molar-refractivity contribution in [2.24, 2.45) is 0 Å². The number of hydrogen-bond acceptors (Lipinski definition) is 5. The molecule has 0 fully saturated rings. The first-order chi connectivity index (χ1) is 14.8. The van der Waals surface area contributed by atoms with Crippen LogP contribution in [0.3, 0.4) is 0 Å². The third-order valence-electron chi connectivity index (χ3n) is 4.16. The molecule has 2 aromatic rings. The van der Waals surface area contributed by atoms with Crippen LogP contribution >= 0.6 is 0 Å². The molecule has 0 aliphatic heterocycles. The van der Waals surface area contributed by atoms with Crippen molar-refractivity contribution >= 4 is 29.4 Å². The maximum Gasteiger partial charge on any atom is 0.338 e. The molecule has 0 aromatic heterocycles. The Morgan fingerprint density at radius 3 is 2.13 bits per heavy atom. The van der Waals surface area contributed by atoms with E-state index in [-0.39, 0.29) is 11.7 Å². The molecule has 0 aliphatic carbocycles. The highest BCUT2D eigenvalue weighted by Gasteiger charge is 2.05. The van der Waals surface area contributed by atoms with Crippen molar-refractivity contribution in [1.82, 2.24) is 5.32 Å². The van der Waals surface area contributed by atoms with E-state index in [1.807, 2.05) is 12.1 Å². The third kappa shape index (κ3) is 7.78. The summed E-state index contributed by atoms with van der Waals surface area (Å²) in [5.74, 6) is -0.359. The smallest absolute Gasteiger partial charge is 0.338 e. The van der Waals surface area contributed by atoms with E-state index in [0.717, 1.165) is 11.3 Å². The molecular weight excluding hydrogens is 392 g/mol. The van der Waals surface area contributed by atoms with E-state index in [2.05, 4.69) is 23.8 Å². The third-order valence-corrected chi connectivity index (χ3v) is 4.16. The normalized spacial score (nSPS) is 10.4. The summed E-state index contributed by atoms with van der Waals surface area (Å²) in [7, 11) is 0. The van der Waals surface area contributed by atoms with Gasteiger partial charge in [-0.05, 0) is 61.9 Å². The highest BCUT2D eigenvalue weighted by Crippen LogP contribution is 2.15. The van der Waals surface area contributed by atoms with Crippen LogP contribution in [0, 0.1) is 0 Å². The predicted molar refractivity (Wildman–Crippen MR) is 123 cm³/mol. The lowest BCUT2D eigenvalue weighted by atomic mass is 10.1. The number of ketones is 1. The summed E-state index contributed by atoms with van der Waals surface area (Å²) in [6.45, 7) is 11.4. The second kappa shape index (κ2) is 11.3. The zero-order valence-electron chi connectivity index (χ0n) is 17.7. The van der Waals surface area contributed by atoms with Gasteiger partial charge in [-0.25, -0.2) is 4.79 Å². The van der Waals surface area contributed by atoms with Gasteiger partial charge in [0, 0.05) is 35.5 Å². The Labute approximate surface area is 182 Å². The number of carbonyl (C=O) groups excluding carboxylic acids is 3. The van der Waals surface area contributed by atoms with Crippen LogP contribution in [-0.4, -0.2) is 30.7 Å². The van der Waals surface area contributed by atoms with E-state index in [4.69, 9.17) is 4.74 Å². The van der Waals surface area contributed by atoms with Gasteiger partial charge >= 0.3 is 5.97 Å². The van der Waals surface area contributed by atoms with Crippen LogP contribution in [-0.2, 0) is 9.59 Å². The molecular formula is C25H26N2O4. The lowest BCUT2D eigenvalue weighted by Gasteiger charge is -2.08. The maximum absolute atomic E-state index is 12.4. The maximum atomic E-state index is 12.4. The van der Waals surface area contributed by atoms with Crippen LogP contribution in [0.1, 0.15) is 29.8 Å². The Kier molecular flexibility index (Phi) is 8.52. The van der Waals surface area contributed by atoms with Crippen molar-refractivity contribution in [3.05, 3.63) is 90.0 Å². The molecule has 2 aromatic carbocycles. The summed E-state index contributed by atoms with van der Waals surface area (Å²) in [4.78, 5) is 35.3. The number of carbonyl (C=O) groups is 3. The van der Waals surface area contributed by atoms with Crippen LogP contribution in [0.2, 0.25) is 0 Å². The van der Waals surface area contributed by atoms with Crippen LogP contribution in [0.4, 0.5) is 5.69 Å². The van der Waals surface area contributed by atoms with E-state index < -0.39 is 5.97 Å². The minimum absolute atomic E-state index is 0.127. The van der Waals surface area contributed by atoms with Gasteiger partial charge in [-0.2, -0.15) is 0 Å². The summed E-state index contributed by atoms with van der Waals surface area (Å²) >= 11 is 0. The van der Waals surface area contributed by atoms with Crippen molar-refractivity contribution in [2.45, 2.75) is 13.8 Å². The van der Waals surface area contributed by atoms with Crippen LogP contribution < -0.4 is 15.4 Å². The molecule has 31 heavy (non-hydrogen) atoms. The van der Waals surface area contributed by atoms with Gasteiger partial charge in [0.15, 0.2) is 5.78 Å². The van der Waals surface area contributed by atoms with Crippen LogP contribution in [0.25, 0.3) is 6.08 Å². The minimum Gasteiger partial charge on any atom is -0.423 e. The van der Waals surface area contributed by atoms with Gasteiger partial charge in [-0.15, -0.1) is 0 Å². The van der Waals surface area contributed by atoms with Crippen molar-refractivity contribution in [3.8, 4) is 5.75 Å². The van der Waals surface area contributed by atoms with Crippen LogP contribution in [0.15, 0.2) is 78.9 Å². The molecule has 0 unspecified atom stereocenters. The molecule has 6 heteroatoms. The Morgan fingerprint density at radius 1 is 0.903 bits per heavy atom. The fourth-order valence-corrected chi connectivity index (χ4v) is 2.40. The first-order valence-electron chi connectivity index (χ1n) is 9.74. The topological polar surface area (TPSA) is 84.5 Å². The van der Waals surface area contributed by atoms with Crippen molar-refractivity contribution in [3.63, 3.8) is 0 Å². The fraction of sp³-hybridized carbons (Fsp3) is 0.160. The van der Waals surface area contributed by atoms with Gasteiger partial charge in [0.2, 0.25) is 5.91 Å². The first-order valence-corrected chi connectivity index (χ1v) is 9.74. The average Bonchev–Trinajstić information content (AvgIpc) is 2.76. The Balaban J connectivity index is 1.85. The summed E-state index contributed by atoms with van der Waals surface area (Å²) in [5.41, 5.74) is 3.01. The van der Waals surface area contributed by atoms with E-state index in [0.29, 0.717) is 35.5 Å². The molecule has 2 rings (SSSR count). The molecule has 0 spiro atoms. The summed E-state index contributed by atoms with van der Waals surface area (Å²) in [5, 5.41) is 5.91. The molecule has 1 amide bonds. The number of rotatable bonds is 10. The molecule has 2 N–H and O–H groups in total. The van der Waals surface area contributed by atoms with E-state index >= 15 is 0 Å². The highest BCUT2D eigenvalue weighted by atomic mass is 16.5. The highest BCUT2D eigenvalue weighted by molar-refractivity contribution is 6.07. The molecule has 0 heterocycles. The SMILES string of the molecule is C=C(C)C(=O)NCCNc1ccc(C(=O)/C=C/c2ccc(OC(=O)C(=C)C)cc2)cc1. The number of esters is 1. The standard InChI is InChI=1S/C25H26N2O4/c1-17(2)24(29)27-16-15-26-21-10-8-20(9-11-21)23(28)14-7-19-5-12-22(13-6-19)31-25(30)18(3)4/h5-14,26H,1,3,15-16H2,2,4H3,(H,27,29)/b14-7+. The van der Waals surface area contributed by atoms with Crippen LogP contribution in [0.5, 0.6) is 5.75 Å². The molecule has 0 saturated carbocycles. The van der Waals surface area contributed by atoms with Crippen molar-refractivity contribution in [1.29, 1.82) is 0 Å². The van der Waals surface area contributed by atoms with Gasteiger partial charge in [0.05, 0.1) is 0 Å². The quantitative estimate of drug-likeness (QED) is 0.199. The number of allylic oxidation sites excluding steroid dienone is 1. The predicted octanol–water partition coefficient (Wildman–Crippen LogP) is 4.17. The molecule has 0 saturated heterocycles. The van der Waals surface area contributed by atoms with Gasteiger partial charge in [0.25, 0.3) is 0 Å². The van der Waals surface area contributed by atoms with Gasteiger partial charge in [0.1, 0.15) is 5.75 Å². The van der Waals surface area contributed by atoms with Crippen molar-refractivity contribution in [2.75, 3.05) is 18.4 Å². The lowest BCUT2D eigenvalue weighted by molar-refractivity contribution is -0.130. The molecule has 160 valence electrons. The van der Waals surface area contributed by atoms with Gasteiger partial charge in [-0.1, -0.05) is 31.4 Å². The fourth-order valence-electron chi connectivity index (χ4n) is 2.40. The Hall–Kier alpha value is -3.93. The second-order valence-electron chi connectivity index (χ2n) is 6.98. The molecule has 0 radical (unpaired) electrons. The minimum atomic E-state index is -0.479. The van der Waals surface area contributed by atoms with Crippen molar-refractivity contribution < 1.29 is 19.1 Å². The van der Waals surface area contributed by atoms with E-state index in [1.54, 1.807) is 56.3 Å². The average molecular weight is 418 g/mol. The molecule has 6 nitrogen and oxygen atoms in total. The number of hydrogen-bond donors (Lipinski definition) is 2. The zero-order chi connectivity index (χ0) is 22.8. The Bertz CT molecular complexity index is 1000. The number of benzene rings is 2. The Morgan fingerprint density at radius 2 is 1.55 bits per heavy atom. The van der Waals surface area contributed by atoms with E-state index in [1.165, 1.54) is 6.08 Å². The summed E-state index contributed by atoms with van der Waals surface area (Å²) in [6, 6.07) is 13.9. The number of amides is 1. The molecule has 0 bridgehead atoms. The second-order valence-corrected chi connectivity index (χ2v) is 6.98. The summed E-state index contributed by atoms with van der Waals surface area (Å²) < 4.78 is 5.13. The first kappa shape index (κ1) is 23.3. The largest absolute Gasteiger partial charge is 0.423 e. The molecule has 0 aliphatic rings. The summed E-state index contributed by atoms with van der Waals surface area (Å²) in [6.07, 6.45) is 3.19. The number of ether oxygens (including phenoxy) is 1. The number of nitrogens with one attached hydrogen (secondary N) is 2. The number of anilines is 1. The van der Waals surface area contributed by atoms with Gasteiger partial charge < -0.3 is 15.4 Å². The lowest BCUT2D eigenvalue weighted by Crippen LogP contribution is -2.28. The zero-order valence-corrected chi connectivity index (χ0v) is 17.7. The monoisotopic (exact) mass is 418 g/mol. The molecule has 0 atom stereocenters. The van der Waals surface area contributed by atoms with E-state index in [9.17, 15) is 14.4 Å². The van der Waals surface area contributed by atoms with Gasteiger partial charge in [-0.3, -0.25) is 9.59 Å².